The molecule has 132 valence electrons. The van der Waals surface area contributed by atoms with Gasteiger partial charge < -0.3 is 4.74 Å². The van der Waals surface area contributed by atoms with E-state index in [-0.39, 0.29) is 11.5 Å². The Kier molecular flexibility index (Phi) is 4.90. The van der Waals surface area contributed by atoms with E-state index in [1.54, 1.807) is 0 Å². The second-order valence-electron chi connectivity index (χ2n) is 5.13. The van der Waals surface area contributed by atoms with Crippen LogP contribution in [0.5, 0.6) is 5.88 Å². The van der Waals surface area contributed by atoms with Crippen LogP contribution in [0, 0.1) is 5.92 Å². The topological polar surface area (TPSA) is 114 Å². The zero-order valence-electron chi connectivity index (χ0n) is 13.4. The zero-order chi connectivity index (χ0) is 18.7. The highest BCUT2D eigenvalue weighted by molar-refractivity contribution is 6.33. The van der Waals surface area contributed by atoms with Gasteiger partial charge in [0.15, 0.2) is 11.7 Å². The summed E-state index contributed by atoms with van der Waals surface area (Å²) in [5, 5.41) is 10.1. The van der Waals surface area contributed by atoms with Crippen LogP contribution in [0.15, 0.2) is 41.4 Å². The lowest BCUT2D eigenvalue weighted by Gasteiger charge is -2.28. The molecule has 1 aromatic carbocycles. The minimum absolute atomic E-state index is 0.182. The molecule has 0 bridgehead atoms. The predicted molar refractivity (Wildman–Crippen MR) is 92.7 cm³/mol. The van der Waals surface area contributed by atoms with Gasteiger partial charge in [-0.2, -0.15) is 0 Å². The number of methoxy groups -OCH3 is 1. The van der Waals surface area contributed by atoms with E-state index in [4.69, 9.17) is 16.3 Å². The van der Waals surface area contributed by atoms with Crippen LogP contribution in [0.25, 0.3) is 0 Å². The highest BCUT2D eigenvalue weighted by atomic mass is 35.5. The Morgan fingerprint density at radius 1 is 1.15 bits per heavy atom. The Bertz CT molecular complexity index is 883. The maximum Gasteiger partial charge on any atom is 0.335 e. The summed E-state index contributed by atoms with van der Waals surface area (Å²) in [5.41, 5.74) is 0.284. The van der Waals surface area contributed by atoms with Gasteiger partial charge in [0.05, 0.1) is 12.8 Å². The van der Waals surface area contributed by atoms with E-state index < -0.39 is 23.8 Å². The van der Waals surface area contributed by atoms with Crippen LogP contribution in [0.1, 0.15) is 0 Å². The second kappa shape index (κ2) is 7.28. The molecule has 0 saturated carbocycles. The Morgan fingerprint density at radius 3 is 2.50 bits per heavy atom. The van der Waals surface area contributed by atoms with E-state index in [1.165, 1.54) is 43.5 Å². The Balaban J connectivity index is 1.84. The van der Waals surface area contributed by atoms with E-state index in [0.29, 0.717) is 10.9 Å². The van der Waals surface area contributed by atoms with Crippen molar-refractivity contribution in [3.8, 4) is 5.88 Å². The largest absolute Gasteiger partial charge is 0.480 e. The maximum absolute atomic E-state index is 12.6. The molecule has 1 aliphatic rings. The molecular weight excluding hydrogens is 362 g/mol. The molecule has 1 aliphatic heterocycles. The Labute approximate surface area is 152 Å². The molecule has 1 aromatic heterocycles. The number of urea groups is 1. The van der Waals surface area contributed by atoms with Crippen LogP contribution in [0.2, 0.25) is 5.02 Å². The summed E-state index contributed by atoms with van der Waals surface area (Å²) in [4.78, 5) is 41.5. The van der Waals surface area contributed by atoms with Gasteiger partial charge in [0.2, 0.25) is 11.8 Å². The van der Waals surface area contributed by atoms with Crippen LogP contribution in [0.3, 0.4) is 0 Å². The minimum atomic E-state index is -1.28. The number of aromatic nitrogens is 2. The molecule has 1 atom stereocenters. The first-order valence-corrected chi connectivity index (χ1v) is 7.73. The first-order valence-electron chi connectivity index (χ1n) is 7.36. The quantitative estimate of drug-likeness (QED) is 0.645. The number of imide groups is 2. The van der Waals surface area contributed by atoms with Crippen molar-refractivity contribution in [2.45, 2.75) is 0 Å². The summed E-state index contributed by atoms with van der Waals surface area (Å²) in [6.07, 6.45) is 1.11. The van der Waals surface area contributed by atoms with Crippen molar-refractivity contribution in [1.29, 1.82) is 0 Å². The highest BCUT2D eigenvalue weighted by Gasteiger charge is 2.40. The van der Waals surface area contributed by atoms with E-state index in [9.17, 15) is 14.4 Å². The highest BCUT2D eigenvalue weighted by Crippen LogP contribution is 2.22. The van der Waals surface area contributed by atoms with Gasteiger partial charge in [-0.25, -0.2) is 14.7 Å². The number of halogens is 1. The van der Waals surface area contributed by atoms with Crippen LogP contribution < -0.4 is 15.0 Å². The molecule has 10 heteroatoms. The fourth-order valence-corrected chi connectivity index (χ4v) is 2.32. The lowest BCUT2D eigenvalue weighted by Crippen LogP contribution is -2.58. The third-order valence-corrected chi connectivity index (χ3v) is 3.73. The number of nitrogens with zero attached hydrogens (tertiary/aromatic N) is 4. The predicted octanol–water partition coefficient (Wildman–Crippen LogP) is 1.74. The summed E-state index contributed by atoms with van der Waals surface area (Å²) in [6, 6.07) is 8.27. The van der Waals surface area contributed by atoms with Gasteiger partial charge in [-0.15, -0.1) is 10.2 Å². The molecule has 2 aromatic rings. The maximum atomic E-state index is 12.6. The lowest BCUT2D eigenvalue weighted by atomic mass is 10.1. The van der Waals surface area contributed by atoms with E-state index in [1.807, 2.05) is 0 Å². The molecule has 9 nitrogen and oxygen atoms in total. The fraction of sp³-hybridized carbons (Fsp3) is 0.125. The Morgan fingerprint density at radius 2 is 1.88 bits per heavy atom. The minimum Gasteiger partial charge on any atom is -0.480 e. The first-order chi connectivity index (χ1) is 12.5. The Hall–Kier alpha value is -3.33. The molecule has 0 spiro atoms. The number of aliphatic imine (C=N–C) groups is 1. The number of carbonyl (C=O) groups excluding carboxylic acids is 3. The number of carbonyl (C=O) groups is 3. The van der Waals surface area contributed by atoms with Crippen molar-refractivity contribution in [2.75, 3.05) is 12.0 Å². The van der Waals surface area contributed by atoms with Gasteiger partial charge in [-0.1, -0.05) is 11.6 Å². The van der Waals surface area contributed by atoms with Crippen molar-refractivity contribution in [2.24, 2.45) is 10.9 Å². The van der Waals surface area contributed by atoms with E-state index in [2.05, 4.69) is 20.5 Å². The van der Waals surface area contributed by atoms with Crippen molar-refractivity contribution in [3.63, 3.8) is 0 Å². The molecular formula is C16H12ClN5O4. The van der Waals surface area contributed by atoms with Gasteiger partial charge in [-0.05, 0) is 30.3 Å². The van der Waals surface area contributed by atoms with Crippen molar-refractivity contribution >= 4 is 47.2 Å². The van der Waals surface area contributed by atoms with E-state index in [0.717, 1.165) is 11.1 Å². The van der Waals surface area contributed by atoms with Crippen LogP contribution >= 0.6 is 11.6 Å². The second-order valence-corrected chi connectivity index (χ2v) is 5.57. The molecule has 2 heterocycles. The molecule has 4 amide bonds. The van der Waals surface area contributed by atoms with Gasteiger partial charge in [0.25, 0.3) is 5.91 Å². The monoisotopic (exact) mass is 373 g/mol. The van der Waals surface area contributed by atoms with Crippen molar-refractivity contribution < 1.29 is 19.1 Å². The van der Waals surface area contributed by atoms with Gasteiger partial charge in [0.1, 0.15) is 0 Å². The molecule has 1 N–H and O–H groups in total. The normalized spacial score (nSPS) is 17.5. The van der Waals surface area contributed by atoms with Crippen molar-refractivity contribution in [1.82, 2.24) is 15.5 Å². The molecule has 0 aliphatic carbocycles. The molecule has 0 radical (unpaired) electrons. The van der Waals surface area contributed by atoms with Crippen LogP contribution in [0.4, 0.5) is 16.3 Å². The number of rotatable bonds is 4. The van der Waals surface area contributed by atoms with Crippen LogP contribution in [-0.2, 0) is 9.59 Å². The number of barbiturate groups is 1. The number of ether oxygens (including phenoxy) is 1. The first kappa shape index (κ1) is 17.5. The summed E-state index contributed by atoms with van der Waals surface area (Å²) >= 11 is 5.81. The third kappa shape index (κ3) is 3.52. The summed E-state index contributed by atoms with van der Waals surface area (Å²) in [6.45, 7) is 0. The molecule has 1 saturated heterocycles. The van der Waals surface area contributed by atoms with E-state index >= 15 is 0 Å². The number of benzene rings is 1. The molecule has 1 fully saturated rings. The average molecular weight is 374 g/mol. The number of amides is 4. The van der Waals surface area contributed by atoms with Gasteiger partial charge in [0, 0.05) is 17.3 Å². The summed E-state index contributed by atoms with van der Waals surface area (Å²) in [5.74, 6) is -2.30. The number of hydrogen-bond donors (Lipinski definition) is 1. The van der Waals surface area contributed by atoms with Gasteiger partial charge >= 0.3 is 6.03 Å². The fourth-order valence-electron chi connectivity index (χ4n) is 2.20. The summed E-state index contributed by atoms with van der Waals surface area (Å²) in [7, 11) is 1.44. The number of anilines is 1. The lowest BCUT2D eigenvalue weighted by molar-refractivity contribution is -0.131. The molecule has 3 rings (SSSR count). The summed E-state index contributed by atoms with van der Waals surface area (Å²) < 4.78 is 4.88. The molecule has 26 heavy (non-hydrogen) atoms. The standard InChI is InChI=1S/C16H12ClN5O4/c1-26-13-7-6-12(20-21-13)18-8-11-14(23)19-16(25)22(15(11)24)10-4-2-9(17)3-5-10/h2-8,11H,1H3,(H,19,23,25)/t11-/m0/s1. The van der Waals surface area contributed by atoms with Crippen LogP contribution in [-0.4, -0.2) is 41.4 Å². The molecule has 0 unspecified atom stereocenters. The number of hydrogen-bond acceptors (Lipinski definition) is 7. The number of nitrogens with one attached hydrogen (secondary N) is 1. The smallest absolute Gasteiger partial charge is 0.335 e. The van der Waals surface area contributed by atoms with Crippen molar-refractivity contribution in [3.05, 3.63) is 41.4 Å². The third-order valence-electron chi connectivity index (χ3n) is 3.48. The average Bonchev–Trinajstić information content (AvgIpc) is 2.63. The zero-order valence-corrected chi connectivity index (χ0v) is 14.2. The van der Waals surface area contributed by atoms with Gasteiger partial charge in [-0.3, -0.25) is 14.9 Å². The SMILES string of the molecule is COc1ccc(N=C[C@H]2C(=O)NC(=O)N(c3ccc(Cl)cc3)C2=O)nn1.